The van der Waals surface area contributed by atoms with Crippen LogP contribution in [-0.2, 0) is 16.6 Å². The molecule has 0 heterocycles. The van der Waals surface area contributed by atoms with Crippen molar-refractivity contribution in [3.8, 4) is 5.75 Å². The first kappa shape index (κ1) is 16.0. The predicted molar refractivity (Wildman–Crippen MR) is 90.3 cm³/mol. The third kappa shape index (κ3) is 3.85. The fraction of sp³-hybridized carbons (Fsp3) is 0.250. The Hall–Kier alpha value is -2.35. The second-order valence-electron chi connectivity index (χ2n) is 5.81. The second kappa shape index (κ2) is 7.08. The number of hydrogen-bond donors (Lipinski definition) is 0. The molecule has 1 unspecified atom stereocenters. The Morgan fingerprint density at radius 1 is 1.09 bits per heavy atom. The molecule has 2 rings (SSSR count). The Kier molecular flexibility index (Phi) is 5.16. The van der Waals surface area contributed by atoms with Gasteiger partial charge in [-0.1, -0.05) is 55.5 Å². The van der Waals surface area contributed by atoms with Crippen molar-refractivity contribution in [1.82, 2.24) is 0 Å². The number of allylic oxidation sites excluding steroid dienone is 2. The predicted octanol–water partition coefficient (Wildman–Crippen LogP) is 4.34. The lowest BCUT2D eigenvalue weighted by atomic mass is 9.76. The summed E-state index contributed by atoms with van der Waals surface area (Å²) in [6, 6.07) is 18.4. The highest BCUT2D eigenvalue weighted by atomic mass is 16.5. The molecule has 0 aliphatic carbocycles. The van der Waals surface area contributed by atoms with Crippen molar-refractivity contribution < 1.29 is 9.53 Å². The van der Waals surface area contributed by atoms with E-state index in [9.17, 15) is 4.79 Å². The molecular weight excluding hydrogens is 272 g/mol. The Bertz CT molecular complexity index is 641. The van der Waals surface area contributed by atoms with Gasteiger partial charge >= 0.3 is 0 Å². The number of carbonyl (C=O) groups excluding carboxylic acids is 1. The van der Waals surface area contributed by atoms with Crippen LogP contribution >= 0.6 is 0 Å². The molecule has 2 nitrogen and oxygen atoms in total. The van der Waals surface area contributed by atoms with Crippen molar-refractivity contribution in [3.63, 3.8) is 0 Å². The van der Waals surface area contributed by atoms with Crippen LogP contribution in [0.15, 0.2) is 66.2 Å². The topological polar surface area (TPSA) is 26.3 Å². The molecule has 0 saturated carbocycles. The van der Waals surface area contributed by atoms with Gasteiger partial charge in [-0.15, -0.1) is 0 Å². The number of methoxy groups -OCH3 is 1. The molecule has 0 radical (unpaired) electrons. The fourth-order valence-corrected chi connectivity index (χ4v) is 2.76. The van der Waals surface area contributed by atoms with Gasteiger partial charge in [-0.3, -0.25) is 4.79 Å². The van der Waals surface area contributed by atoms with E-state index in [0.717, 1.165) is 24.0 Å². The van der Waals surface area contributed by atoms with Crippen molar-refractivity contribution in [3.05, 3.63) is 77.4 Å². The van der Waals surface area contributed by atoms with Crippen molar-refractivity contribution >= 4 is 6.29 Å². The summed E-state index contributed by atoms with van der Waals surface area (Å²) in [6.07, 6.45) is 3.80. The zero-order valence-electron chi connectivity index (χ0n) is 13.4. The van der Waals surface area contributed by atoms with Gasteiger partial charge in [0.25, 0.3) is 0 Å². The monoisotopic (exact) mass is 294 g/mol. The van der Waals surface area contributed by atoms with Crippen molar-refractivity contribution in [1.29, 1.82) is 0 Å². The molecule has 2 aromatic carbocycles. The van der Waals surface area contributed by atoms with E-state index in [1.807, 2.05) is 37.3 Å². The van der Waals surface area contributed by atoms with E-state index in [0.29, 0.717) is 0 Å². The first-order valence-electron chi connectivity index (χ1n) is 7.40. The van der Waals surface area contributed by atoms with Crippen molar-refractivity contribution in [2.24, 2.45) is 0 Å². The number of hydrogen-bond acceptors (Lipinski definition) is 2. The van der Waals surface area contributed by atoms with E-state index in [-0.39, 0.29) is 5.41 Å². The summed E-state index contributed by atoms with van der Waals surface area (Å²) in [7, 11) is 1.66. The summed E-state index contributed by atoms with van der Waals surface area (Å²) < 4.78 is 5.23. The average Bonchev–Trinajstić information content (AvgIpc) is 2.55. The molecule has 0 aliphatic heterocycles. The van der Waals surface area contributed by atoms with Gasteiger partial charge in [0.2, 0.25) is 0 Å². The first-order chi connectivity index (χ1) is 10.6. The molecule has 0 aliphatic rings. The van der Waals surface area contributed by atoms with Crippen LogP contribution in [0, 0.1) is 0 Å². The van der Waals surface area contributed by atoms with E-state index < -0.39 is 0 Å². The minimum atomic E-state index is -0.237. The molecule has 22 heavy (non-hydrogen) atoms. The van der Waals surface area contributed by atoms with Crippen LogP contribution in [0.2, 0.25) is 0 Å². The van der Waals surface area contributed by atoms with Gasteiger partial charge < -0.3 is 4.74 Å². The van der Waals surface area contributed by atoms with E-state index in [1.54, 1.807) is 7.11 Å². The molecule has 0 aromatic heterocycles. The zero-order valence-corrected chi connectivity index (χ0v) is 13.4. The second-order valence-corrected chi connectivity index (χ2v) is 5.81. The lowest BCUT2D eigenvalue weighted by molar-refractivity contribution is -0.104. The summed E-state index contributed by atoms with van der Waals surface area (Å²) in [5.74, 6) is 0.835. The zero-order chi connectivity index (χ0) is 16.0. The summed E-state index contributed by atoms with van der Waals surface area (Å²) in [5.41, 5.74) is 2.92. The summed E-state index contributed by atoms with van der Waals surface area (Å²) in [6.45, 7) is 4.01. The number of aldehydes is 1. The lowest BCUT2D eigenvalue weighted by Crippen LogP contribution is -2.23. The van der Waals surface area contributed by atoms with Gasteiger partial charge in [0.05, 0.1) is 7.11 Å². The van der Waals surface area contributed by atoms with Gasteiger partial charge in [0.15, 0.2) is 0 Å². The van der Waals surface area contributed by atoms with Crippen LogP contribution in [-0.4, -0.2) is 13.4 Å². The smallest absolute Gasteiger partial charge is 0.145 e. The maximum atomic E-state index is 11.1. The minimum Gasteiger partial charge on any atom is -0.497 e. The standard InChI is InChI=1S/C20H22O2/c1-16(15-21)13-20(2,14-17-7-5-4-6-8-17)18-9-11-19(22-3)12-10-18/h4-13,15H,14H2,1-3H3/b16-13+. The average molecular weight is 294 g/mol. The van der Waals surface area contributed by atoms with E-state index in [2.05, 4.69) is 37.3 Å². The summed E-state index contributed by atoms with van der Waals surface area (Å²) in [5, 5.41) is 0. The van der Waals surface area contributed by atoms with Crippen LogP contribution in [0.1, 0.15) is 25.0 Å². The lowest BCUT2D eigenvalue weighted by Gasteiger charge is -2.28. The highest BCUT2D eigenvalue weighted by Gasteiger charge is 2.25. The molecule has 0 spiro atoms. The SMILES string of the molecule is COc1ccc(C(C)(/C=C(\C)C=O)Cc2ccccc2)cc1. The van der Waals surface area contributed by atoms with Crippen LogP contribution in [0.4, 0.5) is 0 Å². The van der Waals surface area contributed by atoms with Crippen LogP contribution < -0.4 is 4.74 Å². The van der Waals surface area contributed by atoms with Gasteiger partial charge in [0, 0.05) is 5.41 Å². The molecule has 2 heteroatoms. The van der Waals surface area contributed by atoms with E-state index >= 15 is 0 Å². The largest absolute Gasteiger partial charge is 0.497 e. The molecule has 0 amide bonds. The number of carbonyl (C=O) groups is 1. The van der Waals surface area contributed by atoms with Crippen LogP contribution in [0.5, 0.6) is 5.75 Å². The van der Waals surface area contributed by atoms with E-state index in [1.165, 1.54) is 11.1 Å². The van der Waals surface area contributed by atoms with Crippen LogP contribution in [0.25, 0.3) is 0 Å². The molecular formula is C20H22O2. The Labute approximate surface area is 132 Å². The maximum Gasteiger partial charge on any atom is 0.145 e. The van der Waals surface area contributed by atoms with Crippen LogP contribution in [0.3, 0.4) is 0 Å². The maximum absolute atomic E-state index is 11.1. The van der Waals surface area contributed by atoms with Crippen molar-refractivity contribution in [2.75, 3.05) is 7.11 Å². The van der Waals surface area contributed by atoms with Gasteiger partial charge in [-0.2, -0.15) is 0 Å². The molecule has 0 saturated heterocycles. The van der Waals surface area contributed by atoms with E-state index in [4.69, 9.17) is 4.74 Å². The van der Waals surface area contributed by atoms with Gasteiger partial charge in [0.1, 0.15) is 12.0 Å². The summed E-state index contributed by atoms with van der Waals surface area (Å²) >= 11 is 0. The number of rotatable bonds is 6. The highest BCUT2D eigenvalue weighted by molar-refractivity contribution is 5.72. The number of benzene rings is 2. The third-order valence-electron chi connectivity index (χ3n) is 3.90. The molecule has 0 fully saturated rings. The normalized spacial score (nSPS) is 14.2. The van der Waals surface area contributed by atoms with Gasteiger partial charge in [-0.25, -0.2) is 0 Å². The Balaban J connectivity index is 2.42. The first-order valence-corrected chi connectivity index (χ1v) is 7.40. The number of ether oxygens (including phenoxy) is 1. The fourth-order valence-electron chi connectivity index (χ4n) is 2.76. The third-order valence-corrected chi connectivity index (χ3v) is 3.90. The molecule has 1 atom stereocenters. The Morgan fingerprint density at radius 2 is 1.73 bits per heavy atom. The quantitative estimate of drug-likeness (QED) is 0.585. The molecule has 2 aromatic rings. The molecule has 114 valence electrons. The highest BCUT2D eigenvalue weighted by Crippen LogP contribution is 2.32. The van der Waals surface area contributed by atoms with Crippen molar-refractivity contribution in [2.45, 2.75) is 25.7 Å². The molecule has 0 bridgehead atoms. The van der Waals surface area contributed by atoms with Gasteiger partial charge in [-0.05, 0) is 42.2 Å². The summed E-state index contributed by atoms with van der Waals surface area (Å²) in [4.78, 5) is 11.1. The minimum absolute atomic E-state index is 0.237. The molecule has 0 N–H and O–H groups in total. The Morgan fingerprint density at radius 3 is 2.27 bits per heavy atom.